The van der Waals surface area contributed by atoms with E-state index in [1.54, 1.807) is 6.92 Å². The second kappa shape index (κ2) is 6.34. The highest BCUT2D eigenvalue weighted by atomic mass is 35.5. The van der Waals surface area contributed by atoms with E-state index in [2.05, 4.69) is 0 Å². The van der Waals surface area contributed by atoms with Gasteiger partial charge in [-0.1, -0.05) is 12.8 Å². The minimum atomic E-state index is -0.639. The fourth-order valence-corrected chi connectivity index (χ4v) is 0.886. The summed E-state index contributed by atoms with van der Waals surface area (Å²) in [5.74, 6) is 0.709. The maximum Gasteiger partial charge on any atom is 0.0973 e. The second-order valence-electron chi connectivity index (χ2n) is 2.32. The first-order chi connectivity index (χ1) is 4.27. The van der Waals surface area contributed by atoms with Gasteiger partial charge in [-0.2, -0.15) is 0 Å². The molecule has 0 aromatic rings. The maximum atomic E-state index is 12.1. The molecule has 0 aliphatic rings. The van der Waals surface area contributed by atoms with Gasteiger partial charge in [-0.3, -0.25) is 0 Å². The molecule has 0 fully saturated rings. The van der Waals surface area contributed by atoms with Crippen LogP contribution in [0.4, 0.5) is 4.39 Å². The molecule has 0 aromatic carbocycles. The van der Waals surface area contributed by atoms with Crippen molar-refractivity contribution in [2.75, 3.05) is 5.88 Å². The topological polar surface area (TPSA) is 0 Å². The van der Waals surface area contributed by atoms with Crippen molar-refractivity contribution in [1.82, 2.24) is 0 Å². The molecule has 0 spiro atoms. The summed E-state index contributed by atoms with van der Waals surface area (Å²) in [7, 11) is 0. The van der Waals surface area contributed by atoms with Crippen LogP contribution >= 0.6 is 11.6 Å². The standard InChI is InChI=1S/C7H14ClF/c1-7(9)5-3-2-4-6-8/h7H,2-6H2,1H3. The molecule has 0 saturated heterocycles. The van der Waals surface area contributed by atoms with Crippen LogP contribution in [0.2, 0.25) is 0 Å². The Morgan fingerprint density at radius 3 is 2.44 bits per heavy atom. The summed E-state index contributed by atoms with van der Waals surface area (Å²) in [5.41, 5.74) is 0. The van der Waals surface area contributed by atoms with E-state index in [1.165, 1.54) is 0 Å². The van der Waals surface area contributed by atoms with Crippen molar-refractivity contribution in [1.29, 1.82) is 0 Å². The van der Waals surface area contributed by atoms with Gasteiger partial charge in [-0.15, -0.1) is 11.6 Å². The van der Waals surface area contributed by atoms with Crippen molar-refractivity contribution in [3.05, 3.63) is 0 Å². The monoisotopic (exact) mass is 152 g/mol. The molecule has 9 heavy (non-hydrogen) atoms. The highest BCUT2D eigenvalue weighted by molar-refractivity contribution is 6.17. The van der Waals surface area contributed by atoms with Gasteiger partial charge in [0.25, 0.3) is 0 Å². The lowest BCUT2D eigenvalue weighted by Gasteiger charge is -1.98. The van der Waals surface area contributed by atoms with Gasteiger partial charge in [-0.05, 0) is 19.8 Å². The summed E-state index contributed by atoms with van der Waals surface area (Å²) in [4.78, 5) is 0. The molecular formula is C7H14ClF. The number of halogens is 2. The Balaban J connectivity index is 2.75. The zero-order valence-corrected chi connectivity index (χ0v) is 6.62. The van der Waals surface area contributed by atoms with Crippen LogP contribution in [0.1, 0.15) is 32.6 Å². The van der Waals surface area contributed by atoms with E-state index in [4.69, 9.17) is 11.6 Å². The molecule has 0 aliphatic carbocycles. The lowest BCUT2D eigenvalue weighted by atomic mass is 10.1. The Kier molecular flexibility index (Phi) is 6.50. The first kappa shape index (κ1) is 9.22. The molecule has 0 bridgehead atoms. The molecule has 0 heterocycles. The minimum absolute atomic E-state index is 0.639. The zero-order chi connectivity index (χ0) is 7.11. The second-order valence-corrected chi connectivity index (χ2v) is 2.70. The molecule has 0 rings (SSSR count). The van der Waals surface area contributed by atoms with Gasteiger partial charge in [0.1, 0.15) is 0 Å². The molecule has 2 heteroatoms. The number of unbranched alkanes of at least 4 members (excludes halogenated alkanes) is 2. The van der Waals surface area contributed by atoms with Crippen molar-refractivity contribution >= 4 is 11.6 Å². The van der Waals surface area contributed by atoms with Crippen molar-refractivity contribution < 1.29 is 4.39 Å². The van der Waals surface area contributed by atoms with Gasteiger partial charge in [0.05, 0.1) is 6.17 Å². The first-order valence-corrected chi connectivity index (χ1v) is 4.01. The number of alkyl halides is 2. The van der Waals surface area contributed by atoms with Crippen molar-refractivity contribution in [2.45, 2.75) is 38.8 Å². The molecule has 0 nitrogen and oxygen atoms in total. The van der Waals surface area contributed by atoms with E-state index in [0.717, 1.165) is 19.3 Å². The molecule has 0 N–H and O–H groups in total. The van der Waals surface area contributed by atoms with Gasteiger partial charge in [0.2, 0.25) is 0 Å². The predicted molar refractivity (Wildman–Crippen MR) is 39.8 cm³/mol. The lowest BCUT2D eigenvalue weighted by molar-refractivity contribution is 0.331. The molecular weight excluding hydrogens is 139 g/mol. The van der Waals surface area contributed by atoms with Crippen molar-refractivity contribution in [3.8, 4) is 0 Å². The Labute approximate surface area is 61.4 Å². The summed E-state index contributed by atoms with van der Waals surface area (Å²) in [6, 6.07) is 0. The van der Waals surface area contributed by atoms with E-state index in [1.807, 2.05) is 0 Å². The largest absolute Gasteiger partial charge is 0.248 e. The quantitative estimate of drug-likeness (QED) is 0.420. The SMILES string of the molecule is CC(F)CCCCCCl. The molecule has 0 aliphatic heterocycles. The van der Waals surface area contributed by atoms with Crippen LogP contribution in [0.3, 0.4) is 0 Å². The van der Waals surface area contributed by atoms with Crippen molar-refractivity contribution in [3.63, 3.8) is 0 Å². The van der Waals surface area contributed by atoms with E-state index in [9.17, 15) is 4.39 Å². The number of hydrogen-bond donors (Lipinski definition) is 0. The van der Waals surface area contributed by atoms with Crippen LogP contribution in [0.25, 0.3) is 0 Å². The van der Waals surface area contributed by atoms with Gasteiger partial charge in [-0.25, -0.2) is 4.39 Å². The third-order valence-electron chi connectivity index (χ3n) is 1.24. The smallest absolute Gasteiger partial charge is 0.0973 e. The molecule has 1 atom stereocenters. The zero-order valence-electron chi connectivity index (χ0n) is 5.87. The average Bonchev–Trinajstić information content (AvgIpc) is 1.80. The van der Waals surface area contributed by atoms with Crippen LogP contribution < -0.4 is 0 Å². The summed E-state index contributed by atoms with van der Waals surface area (Å²) in [6.07, 6.45) is 3.12. The molecule has 0 saturated carbocycles. The van der Waals surface area contributed by atoms with E-state index in [0.29, 0.717) is 12.3 Å². The molecule has 0 amide bonds. The summed E-state index contributed by atoms with van der Waals surface area (Å²) in [6.45, 7) is 1.60. The molecule has 0 radical (unpaired) electrons. The lowest BCUT2D eigenvalue weighted by Crippen LogP contribution is -1.91. The molecule has 56 valence electrons. The van der Waals surface area contributed by atoms with Crippen LogP contribution in [-0.2, 0) is 0 Å². The third kappa shape index (κ3) is 8.22. The third-order valence-corrected chi connectivity index (χ3v) is 1.50. The van der Waals surface area contributed by atoms with E-state index < -0.39 is 6.17 Å². The van der Waals surface area contributed by atoms with Crippen LogP contribution in [-0.4, -0.2) is 12.1 Å². The van der Waals surface area contributed by atoms with Crippen LogP contribution in [0.15, 0.2) is 0 Å². The minimum Gasteiger partial charge on any atom is -0.248 e. The van der Waals surface area contributed by atoms with E-state index in [-0.39, 0.29) is 0 Å². The molecule has 0 aromatic heterocycles. The van der Waals surface area contributed by atoms with Gasteiger partial charge in [0, 0.05) is 5.88 Å². The number of rotatable bonds is 5. The first-order valence-electron chi connectivity index (χ1n) is 3.47. The maximum absolute atomic E-state index is 12.1. The summed E-state index contributed by atoms with van der Waals surface area (Å²) < 4.78 is 12.1. The Hall–Kier alpha value is 0.220. The van der Waals surface area contributed by atoms with E-state index >= 15 is 0 Å². The Morgan fingerprint density at radius 1 is 1.33 bits per heavy atom. The summed E-state index contributed by atoms with van der Waals surface area (Å²) in [5, 5.41) is 0. The summed E-state index contributed by atoms with van der Waals surface area (Å²) >= 11 is 5.42. The van der Waals surface area contributed by atoms with Gasteiger partial charge in [0.15, 0.2) is 0 Å². The van der Waals surface area contributed by atoms with Gasteiger partial charge >= 0.3 is 0 Å². The van der Waals surface area contributed by atoms with Crippen LogP contribution in [0.5, 0.6) is 0 Å². The fraction of sp³-hybridized carbons (Fsp3) is 1.00. The van der Waals surface area contributed by atoms with Crippen molar-refractivity contribution in [2.24, 2.45) is 0 Å². The number of hydrogen-bond acceptors (Lipinski definition) is 0. The predicted octanol–water partition coefficient (Wildman–Crippen LogP) is 3.14. The fourth-order valence-electron chi connectivity index (χ4n) is 0.697. The van der Waals surface area contributed by atoms with Crippen LogP contribution in [0, 0.1) is 0 Å². The molecule has 1 unspecified atom stereocenters. The Bertz CT molecular complexity index is 54.9. The Morgan fingerprint density at radius 2 is 2.00 bits per heavy atom. The highest BCUT2D eigenvalue weighted by Crippen LogP contribution is 2.05. The normalized spacial score (nSPS) is 13.7. The van der Waals surface area contributed by atoms with Gasteiger partial charge < -0.3 is 0 Å². The average molecular weight is 153 g/mol. The highest BCUT2D eigenvalue weighted by Gasteiger charge is 1.95.